The van der Waals surface area contributed by atoms with Gasteiger partial charge in [-0.3, -0.25) is 0 Å². The quantitative estimate of drug-likeness (QED) is 0.0752. The fourth-order valence-electron chi connectivity index (χ4n) is 4.15. The van der Waals surface area contributed by atoms with Crippen molar-refractivity contribution >= 4 is 17.9 Å². The number of rotatable bonds is 19. The second-order valence-corrected chi connectivity index (χ2v) is 10.4. The molecule has 0 unspecified atom stereocenters. The molecule has 0 saturated heterocycles. The summed E-state index contributed by atoms with van der Waals surface area (Å²) in [6.45, 7) is 7.63. The highest BCUT2D eigenvalue weighted by Crippen LogP contribution is 2.31. The molecular weight excluding hydrogens is 611 g/mol. The van der Waals surface area contributed by atoms with Crippen LogP contribution >= 0.6 is 0 Å². The number of unbranched alkanes of at least 4 members (excludes halogenated alkanes) is 2. The number of aliphatic hydroxyl groups is 2. The molecule has 0 amide bonds. The Labute approximate surface area is 273 Å². The van der Waals surface area contributed by atoms with Crippen LogP contribution in [0.25, 0.3) is 11.1 Å². The average molecular weight is 651 g/mol. The van der Waals surface area contributed by atoms with Crippen LogP contribution in [0.4, 0.5) is 4.39 Å². The van der Waals surface area contributed by atoms with Gasteiger partial charge in [0.25, 0.3) is 0 Å². The Kier molecular flexibility index (Phi) is 14.6. The number of benzene rings is 3. The summed E-state index contributed by atoms with van der Waals surface area (Å²) >= 11 is 0. The largest absolute Gasteiger partial charge is 0.490 e. The van der Waals surface area contributed by atoms with Crippen LogP contribution in [0.15, 0.2) is 85.0 Å². The van der Waals surface area contributed by atoms with Gasteiger partial charge in [0.1, 0.15) is 49.5 Å². The van der Waals surface area contributed by atoms with E-state index in [4.69, 9.17) is 33.9 Å². The first-order valence-corrected chi connectivity index (χ1v) is 15.1. The highest BCUT2D eigenvalue weighted by atomic mass is 19.1. The summed E-state index contributed by atoms with van der Waals surface area (Å²) in [6.07, 6.45) is 3.52. The van der Waals surface area contributed by atoms with E-state index in [2.05, 4.69) is 20.1 Å². The van der Waals surface area contributed by atoms with Gasteiger partial charge in [-0.2, -0.15) is 0 Å². The molecule has 0 aromatic heterocycles. The minimum absolute atomic E-state index is 0.0105. The molecule has 3 rings (SSSR count). The van der Waals surface area contributed by atoms with Crippen molar-refractivity contribution in [2.45, 2.75) is 32.6 Å². The predicted octanol–water partition coefficient (Wildman–Crippen LogP) is 5.39. The minimum Gasteiger partial charge on any atom is -0.490 e. The number of ether oxygens (including phenoxy) is 5. The number of aryl methyl sites for hydroxylation is 1. The summed E-state index contributed by atoms with van der Waals surface area (Å²) in [4.78, 5) is 36.2. The van der Waals surface area contributed by atoms with E-state index in [0.29, 0.717) is 34.6 Å². The van der Waals surface area contributed by atoms with Crippen molar-refractivity contribution in [2.24, 2.45) is 0 Å². The molecule has 0 aliphatic carbocycles. The maximum absolute atomic E-state index is 14.5. The summed E-state index contributed by atoms with van der Waals surface area (Å²) in [5, 5.41) is 18.0. The standard InChI is InChI=1S/C36H39FO10/c1-4-5-6-7-27-8-9-28(20-33(27)37)36(42)47-30-12-10-26(11-13-30)29-18-31(43-14-16-45-34(40)24(2)22-38)21-32(19-29)44-15-17-46-35(41)25(3)23-39/h8-13,18-21,38-39H,2-7,14-17,22-23H2,1H3. The molecule has 2 N–H and O–H groups in total. The molecule has 250 valence electrons. The molecule has 11 heteroatoms. The Balaban J connectivity index is 1.70. The van der Waals surface area contributed by atoms with E-state index in [1.807, 2.05) is 0 Å². The third kappa shape index (κ3) is 11.7. The summed E-state index contributed by atoms with van der Waals surface area (Å²) in [5.41, 5.74) is 1.88. The van der Waals surface area contributed by atoms with Crippen molar-refractivity contribution in [2.75, 3.05) is 39.6 Å². The summed E-state index contributed by atoms with van der Waals surface area (Å²) in [6, 6.07) is 16.0. The number of hydrogen-bond acceptors (Lipinski definition) is 10. The lowest BCUT2D eigenvalue weighted by molar-refractivity contribution is -0.141. The molecule has 0 aliphatic heterocycles. The van der Waals surface area contributed by atoms with E-state index in [9.17, 15) is 18.8 Å². The topological polar surface area (TPSA) is 138 Å². The summed E-state index contributed by atoms with van der Waals surface area (Å²) in [7, 11) is 0. The smallest absolute Gasteiger partial charge is 0.343 e. The van der Waals surface area contributed by atoms with Crippen molar-refractivity contribution in [3.63, 3.8) is 0 Å². The zero-order chi connectivity index (χ0) is 34.2. The van der Waals surface area contributed by atoms with Gasteiger partial charge in [-0.15, -0.1) is 0 Å². The molecule has 10 nitrogen and oxygen atoms in total. The number of carbonyl (C=O) groups is 3. The van der Waals surface area contributed by atoms with Gasteiger partial charge in [0, 0.05) is 6.07 Å². The maximum Gasteiger partial charge on any atom is 0.343 e. The predicted molar refractivity (Wildman–Crippen MR) is 172 cm³/mol. The molecule has 0 bridgehead atoms. The third-order valence-corrected chi connectivity index (χ3v) is 6.75. The van der Waals surface area contributed by atoms with E-state index in [1.165, 1.54) is 6.07 Å². The van der Waals surface area contributed by atoms with Gasteiger partial charge in [-0.1, -0.05) is 51.1 Å². The normalized spacial score (nSPS) is 10.6. The molecule has 47 heavy (non-hydrogen) atoms. The second-order valence-electron chi connectivity index (χ2n) is 10.4. The molecular formula is C36H39FO10. The molecule has 0 radical (unpaired) electrons. The van der Waals surface area contributed by atoms with Crippen LogP contribution in [0.1, 0.15) is 42.1 Å². The van der Waals surface area contributed by atoms with Crippen molar-refractivity contribution in [1.29, 1.82) is 0 Å². The Bertz CT molecular complexity index is 1490. The molecule has 0 fully saturated rings. The SMILES string of the molecule is C=C(CO)C(=O)OCCOc1cc(OCCOC(=O)C(=C)CO)cc(-c2ccc(OC(=O)c3ccc(CCCCC)c(F)c3)cc2)c1. The van der Waals surface area contributed by atoms with Gasteiger partial charge in [0.2, 0.25) is 0 Å². The van der Waals surface area contributed by atoms with Crippen LogP contribution in [0.2, 0.25) is 0 Å². The van der Waals surface area contributed by atoms with Crippen LogP contribution in [0.3, 0.4) is 0 Å². The number of carbonyl (C=O) groups excluding carboxylic acids is 3. The highest BCUT2D eigenvalue weighted by molar-refractivity contribution is 5.91. The van der Waals surface area contributed by atoms with Crippen LogP contribution in [0.5, 0.6) is 17.2 Å². The molecule has 3 aromatic carbocycles. The zero-order valence-electron chi connectivity index (χ0n) is 26.3. The van der Waals surface area contributed by atoms with Crippen LogP contribution in [-0.4, -0.2) is 67.8 Å². The van der Waals surface area contributed by atoms with Crippen LogP contribution < -0.4 is 14.2 Å². The fraction of sp³-hybridized carbons (Fsp3) is 0.306. The lowest BCUT2D eigenvalue weighted by atomic mass is 10.0. The van der Waals surface area contributed by atoms with Gasteiger partial charge in [0.15, 0.2) is 0 Å². The number of aliphatic hydroxyl groups excluding tert-OH is 2. The van der Waals surface area contributed by atoms with E-state index < -0.39 is 36.9 Å². The monoisotopic (exact) mass is 650 g/mol. The Morgan fingerprint density at radius 1 is 0.702 bits per heavy atom. The molecule has 3 aromatic rings. The van der Waals surface area contributed by atoms with Crippen molar-refractivity contribution in [3.8, 4) is 28.4 Å². The lowest BCUT2D eigenvalue weighted by Crippen LogP contribution is -2.15. The Morgan fingerprint density at radius 3 is 1.79 bits per heavy atom. The zero-order valence-corrected chi connectivity index (χ0v) is 26.3. The van der Waals surface area contributed by atoms with Crippen LogP contribution in [0, 0.1) is 5.82 Å². The molecule has 0 spiro atoms. The summed E-state index contributed by atoms with van der Waals surface area (Å²) in [5.74, 6) is -1.60. The molecule has 0 atom stereocenters. The van der Waals surface area contributed by atoms with E-state index in [0.717, 1.165) is 19.3 Å². The summed E-state index contributed by atoms with van der Waals surface area (Å²) < 4.78 is 41.6. The first-order valence-electron chi connectivity index (χ1n) is 15.1. The van der Waals surface area contributed by atoms with Crippen molar-refractivity contribution in [3.05, 3.63) is 102 Å². The first kappa shape index (κ1) is 36.5. The van der Waals surface area contributed by atoms with Crippen molar-refractivity contribution < 1.29 is 52.7 Å². The molecule has 0 aliphatic rings. The second kappa shape index (κ2) is 18.8. The van der Waals surface area contributed by atoms with E-state index in [1.54, 1.807) is 54.6 Å². The Hall–Kier alpha value is -5.00. The maximum atomic E-state index is 14.5. The minimum atomic E-state index is -0.738. The molecule has 0 heterocycles. The van der Waals surface area contributed by atoms with Gasteiger partial charge in [-0.25, -0.2) is 18.8 Å². The fourth-order valence-corrected chi connectivity index (χ4v) is 4.15. The van der Waals surface area contributed by atoms with Crippen LogP contribution in [-0.2, 0) is 25.5 Å². The van der Waals surface area contributed by atoms with Gasteiger partial charge in [0.05, 0.1) is 29.9 Å². The average Bonchev–Trinajstić information content (AvgIpc) is 3.08. The first-order chi connectivity index (χ1) is 22.6. The number of esters is 3. The van der Waals surface area contributed by atoms with Gasteiger partial charge < -0.3 is 33.9 Å². The van der Waals surface area contributed by atoms with Crippen molar-refractivity contribution in [1.82, 2.24) is 0 Å². The van der Waals surface area contributed by atoms with Gasteiger partial charge in [-0.05, 0) is 65.9 Å². The van der Waals surface area contributed by atoms with E-state index >= 15 is 0 Å². The van der Waals surface area contributed by atoms with Gasteiger partial charge >= 0.3 is 17.9 Å². The third-order valence-electron chi connectivity index (χ3n) is 6.75. The molecule has 0 saturated carbocycles. The lowest BCUT2D eigenvalue weighted by Gasteiger charge is -2.14. The number of hydrogen-bond donors (Lipinski definition) is 2. The highest BCUT2D eigenvalue weighted by Gasteiger charge is 2.14. The number of halogens is 1. The van der Waals surface area contributed by atoms with E-state index in [-0.39, 0.29) is 48.9 Å². The Morgan fingerprint density at radius 2 is 1.28 bits per heavy atom.